The first-order valence-electron chi connectivity index (χ1n) is 6.43. The zero-order valence-corrected chi connectivity index (χ0v) is 10.5. The number of hydrogen-bond donors (Lipinski definition) is 1. The minimum absolute atomic E-state index is 0.724. The largest absolute Gasteiger partial charge is 0.478 e. The number of carboxylic acid groups (broad SMARTS) is 1. The summed E-state index contributed by atoms with van der Waals surface area (Å²) in [5.74, 6) is -0.150. The number of carboxylic acids is 1. The quantitative estimate of drug-likeness (QED) is 0.829. The van der Waals surface area contributed by atoms with E-state index in [4.69, 9.17) is 5.11 Å². The molecule has 0 atom stereocenters. The van der Waals surface area contributed by atoms with Crippen LogP contribution in [0, 0.1) is 5.92 Å². The Hall–Kier alpha value is -1.77. The number of aliphatic carboxylic acids is 1. The molecule has 1 aromatic carbocycles. The third kappa shape index (κ3) is 3.91. The molecule has 3 nitrogen and oxygen atoms in total. The number of hydrogen-bond acceptors (Lipinski definition) is 2. The van der Waals surface area contributed by atoms with Crippen LogP contribution >= 0.6 is 0 Å². The zero-order chi connectivity index (χ0) is 12.8. The van der Waals surface area contributed by atoms with Gasteiger partial charge in [-0.15, -0.1) is 0 Å². The summed E-state index contributed by atoms with van der Waals surface area (Å²) >= 11 is 0. The molecule has 1 fully saturated rings. The monoisotopic (exact) mass is 245 g/mol. The topological polar surface area (TPSA) is 40.5 Å². The third-order valence-corrected chi connectivity index (χ3v) is 3.44. The molecule has 1 aliphatic heterocycles. The van der Waals surface area contributed by atoms with Crippen molar-refractivity contribution in [1.82, 2.24) is 4.90 Å². The van der Waals surface area contributed by atoms with Crippen LogP contribution < -0.4 is 0 Å². The minimum atomic E-state index is -0.874. The normalized spacial score (nSPS) is 17.2. The van der Waals surface area contributed by atoms with Gasteiger partial charge in [-0.3, -0.25) is 0 Å². The molecule has 0 amide bonds. The van der Waals surface area contributed by atoms with E-state index in [1.165, 1.54) is 11.6 Å². The van der Waals surface area contributed by atoms with Gasteiger partial charge in [-0.2, -0.15) is 0 Å². The summed E-state index contributed by atoms with van der Waals surface area (Å²) in [7, 11) is 0. The van der Waals surface area contributed by atoms with Crippen molar-refractivity contribution >= 4 is 5.97 Å². The maximum absolute atomic E-state index is 10.4. The van der Waals surface area contributed by atoms with Crippen LogP contribution in [0.3, 0.4) is 0 Å². The molecule has 3 heteroatoms. The molecule has 1 saturated heterocycles. The number of benzene rings is 1. The fourth-order valence-electron chi connectivity index (χ4n) is 2.42. The fraction of sp³-hybridized carbons (Fsp3) is 0.400. The van der Waals surface area contributed by atoms with Gasteiger partial charge in [0, 0.05) is 25.4 Å². The van der Waals surface area contributed by atoms with Crippen molar-refractivity contribution in [3.05, 3.63) is 48.2 Å². The Morgan fingerprint density at radius 2 is 1.94 bits per heavy atom. The first kappa shape index (κ1) is 12.7. The Morgan fingerprint density at radius 3 is 2.56 bits per heavy atom. The molecule has 0 bridgehead atoms. The van der Waals surface area contributed by atoms with E-state index in [1.807, 2.05) is 6.07 Å². The lowest BCUT2D eigenvalue weighted by atomic mass is 9.90. The highest BCUT2D eigenvalue weighted by atomic mass is 16.4. The predicted octanol–water partition coefficient (Wildman–Crippen LogP) is 2.54. The van der Waals surface area contributed by atoms with Crippen LogP contribution in [0.4, 0.5) is 0 Å². The highest BCUT2D eigenvalue weighted by molar-refractivity contribution is 5.79. The van der Waals surface area contributed by atoms with Crippen molar-refractivity contribution in [3.63, 3.8) is 0 Å². The molecule has 0 radical (unpaired) electrons. The van der Waals surface area contributed by atoms with E-state index < -0.39 is 5.97 Å². The molecule has 0 spiro atoms. The van der Waals surface area contributed by atoms with Crippen molar-refractivity contribution in [1.29, 1.82) is 0 Å². The first-order chi connectivity index (χ1) is 8.74. The average Bonchev–Trinajstić information content (AvgIpc) is 2.39. The molecular weight excluding hydrogens is 226 g/mol. The van der Waals surface area contributed by atoms with Gasteiger partial charge in [-0.05, 0) is 30.7 Å². The Kier molecular flexibility index (Phi) is 4.40. The second kappa shape index (κ2) is 6.24. The molecule has 0 unspecified atom stereocenters. The van der Waals surface area contributed by atoms with E-state index in [0.717, 1.165) is 38.3 Å². The maximum Gasteiger partial charge on any atom is 0.329 e. The Labute approximate surface area is 108 Å². The van der Waals surface area contributed by atoms with Crippen LogP contribution in [0.15, 0.2) is 42.6 Å². The van der Waals surface area contributed by atoms with Gasteiger partial charge in [0.15, 0.2) is 0 Å². The van der Waals surface area contributed by atoms with Gasteiger partial charge in [-0.25, -0.2) is 4.79 Å². The molecule has 1 heterocycles. The number of rotatable bonds is 4. The third-order valence-electron chi connectivity index (χ3n) is 3.44. The van der Waals surface area contributed by atoms with E-state index in [0.29, 0.717) is 0 Å². The van der Waals surface area contributed by atoms with E-state index in [2.05, 4.69) is 29.2 Å². The van der Waals surface area contributed by atoms with Crippen molar-refractivity contribution in [3.8, 4) is 0 Å². The highest BCUT2D eigenvalue weighted by Crippen LogP contribution is 2.21. The summed E-state index contributed by atoms with van der Waals surface area (Å²) in [6, 6.07) is 10.6. The molecule has 0 aliphatic carbocycles. The SMILES string of the molecule is O=C(O)C=CN1CCC(Cc2ccccc2)CC1. The van der Waals surface area contributed by atoms with Crippen LogP contribution in [-0.4, -0.2) is 29.1 Å². The van der Waals surface area contributed by atoms with Gasteiger partial charge in [0.1, 0.15) is 0 Å². The van der Waals surface area contributed by atoms with Gasteiger partial charge in [0.05, 0.1) is 0 Å². The standard InChI is InChI=1S/C15H19NO2/c17-15(18)8-11-16-9-6-14(7-10-16)12-13-4-2-1-3-5-13/h1-5,8,11,14H,6-7,9-10,12H2,(H,17,18). The van der Waals surface area contributed by atoms with Gasteiger partial charge in [0.2, 0.25) is 0 Å². The summed E-state index contributed by atoms with van der Waals surface area (Å²) in [6.07, 6.45) is 6.33. The second-order valence-corrected chi connectivity index (χ2v) is 4.82. The van der Waals surface area contributed by atoms with Crippen LogP contribution in [0.1, 0.15) is 18.4 Å². The smallest absolute Gasteiger partial charge is 0.329 e. The van der Waals surface area contributed by atoms with Crippen molar-refractivity contribution in [2.75, 3.05) is 13.1 Å². The summed E-state index contributed by atoms with van der Waals surface area (Å²) in [5, 5.41) is 8.58. The molecule has 18 heavy (non-hydrogen) atoms. The number of carbonyl (C=O) groups is 1. The summed E-state index contributed by atoms with van der Waals surface area (Å²) < 4.78 is 0. The maximum atomic E-state index is 10.4. The summed E-state index contributed by atoms with van der Waals surface area (Å²) in [4.78, 5) is 12.5. The molecule has 96 valence electrons. The van der Waals surface area contributed by atoms with Gasteiger partial charge in [0.25, 0.3) is 0 Å². The molecule has 0 aromatic heterocycles. The lowest BCUT2D eigenvalue weighted by molar-refractivity contribution is -0.131. The van der Waals surface area contributed by atoms with Crippen LogP contribution in [0.2, 0.25) is 0 Å². The number of likely N-dealkylation sites (tertiary alicyclic amines) is 1. The lowest BCUT2D eigenvalue weighted by Gasteiger charge is -2.31. The van der Waals surface area contributed by atoms with E-state index in [9.17, 15) is 4.79 Å². The predicted molar refractivity (Wildman–Crippen MR) is 71.2 cm³/mol. The zero-order valence-electron chi connectivity index (χ0n) is 10.5. The van der Waals surface area contributed by atoms with E-state index in [1.54, 1.807) is 6.20 Å². The number of piperidine rings is 1. The van der Waals surface area contributed by atoms with Gasteiger partial charge < -0.3 is 10.0 Å². The van der Waals surface area contributed by atoms with E-state index in [-0.39, 0.29) is 0 Å². The number of nitrogens with zero attached hydrogens (tertiary/aromatic N) is 1. The molecular formula is C15H19NO2. The van der Waals surface area contributed by atoms with Crippen molar-refractivity contribution < 1.29 is 9.90 Å². The molecule has 1 aliphatic rings. The fourth-order valence-corrected chi connectivity index (χ4v) is 2.42. The second-order valence-electron chi connectivity index (χ2n) is 4.82. The Balaban J connectivity index is 1.78. The highest BCUT2D eigenvalue weighted by Gasteiger charge is 2.17. The van der Waals surface area contributed by atoms with Crippen LogP contribution in [-0.2, 0) is 11.2 Å². The Morgan fingerprint density at radius 1 is 1.28 bits per heavy atom. The van der Waals surface area contributed by atoms with Crippen LogP contribution in [0.5, 0.6) is 0 Å². The molecule has 2 rings (SSSR count). The first-order valence-corrected chi connectivity index (χ1v) is 6.43. The van der Waals surface area contributed by atoms with Crippen LogP contribution in [0.25, 0.3) is 0 Å². The Bertz CT molecular complexity index is 406. The minimum Gasteiger partial charge on any atom is -0.478 e. The molecule has 1 N–H and O–H groups in total. The summed E-state index contributed by atoms with van der Waals surface area (Å²) in [6.45, 7) is 1.92. The summed E-state index contributed by atoms with van der Waals surface area (Å²) in [5.41, 5.74) is 1.40. The average molecular weight is 245 g/mol. The van der Waals surface area contributed by atoms with E-state index >= 15 is 0 Å². The van der Waals surface area contributed by atoms with Gasteiger partial charge >= 0.3 is 5.97 Å². The van der Waals surface area contributed by atoms with Crippen molar-refractivity contribution in [2.45, 2.75) is 19.3 Å². The van der Waals surface area contributed by atoms with Gasteiger partial charge in [-0.1, -0.05) is 30.3 Å². The lowest BCUT2D eigenvalue weighted by Crippen LogP contribution is -2.30. The molecule has 0 saturated carbocycles. The molecule has 1 aromatic rings. The van der Waals surface area contributed by atoms with Crippen molar-refractivity contribution in [2.24, 2.45) is 5.92 Å².